The van der Waals surface area contributed by atoms with E-state index in [-0.39, 0.29) is 123 Å². The van der Waals surface area contributed by atoms with Crippen LogP contribution >= 0.6 is 0 Å². The summed E-state index contributed by atoms with van der Waals surface area (Å²) in [4.78, 5) is 30.7. The molecule has 0 radical (unpaired) electrons. The summed E-state index contributed by atoms with van der Waals surface area (Å²) in [5.74, 6) is -5.97. The summed E-state index contributed by atoms with van der Waals surface area (Å²) in [6, 6.07) is 74.5. The Morgan fingerprint density at radius 1 is 0.235 bits per heavy atom. The molecule has 18 rings (SSSR count). The minimum Gasteiger partial charge on any atom is -0.238 e. The molecule has 0 aromatic heterocycles. The van der Waals surface area contributed by atoms with Crippen molar-refractivity contribution in [2.45, 2.75) is 0 Å². The predicted octanol–water partition coefficient (Wildman–Crippen LogP) is 26.9. The highest BCUT2D eigenvalue weighted by molar-refractivity contribution is 6.42. The number of hydrogen-bond acceptors (Lipinski definition) is 9. The summed E-state index contributed by atoms with van der Waals surface area (Å²) in [5.41, 5.74) is 13.0. The third kappa shape index (κ3) is 13.2. The van der Waals surface area contributed by atoms with Gasteiger partial charge in [0.1, 0.15) is 52.6 Å². The van der Waals surface area contributed by atoms with Gasteiger partial charge in [-0.25, -0.2) is 102 Å². The van der Waals surface area contributed by atoms with Gasteiger partial charge in [0.05, 0.1) is 113 Å². The quantitative estimate of drug-likeness (QED) is 0.0870. The Labute approximate surface area is 748 Å². The second-order valence-electron chi connectivity index (χ2n) is 29.1. The van der Waals surface area contributed by atoms with E-state index in [1.54, 1.807) is 91.0 Å². The van der Waals surface area contributed by atoms with Crippen LogP contribution in [0.4, 0.5) is 43.4 Å². The highest BCUT2D eigenvalue weighted by Gasteiger charge is 2.46. The lowest BCUT2D eigenvalue weighted by atomic mass is 9.85. The van der Waals surface area contributed by atoms with Crippen molar-refractivity contribution in [1.82, 2.24) is 0 Å². The molecule has 0 saturated carbocycles. The van der Waals surface area contributed by atoms with E-state index < -0.39 is 46.2 Å². The number of halogens is 6. The van der Waals surface area contributed by atoms with Crippen LogP contribution in [0, 0.1) is 196 Å². The average molecular weight is 1700 g/mol. The largest absolute Gasteiger partial charge is 0.270 e. The highest BCUT2D eigenvalue weighted by atomic mass is 19.2. The van der Waals surface area contributed by atoms with Crippen molar-refractivity contribution < 1.29 is 26.3 Å². The molecule has 0 unspecified atom stereocenters. The fourth-order valence-electron chi connectivity index (χ4n) is 17.6. The molecule has 0 atom stereocenters. The topological polar surface area (TPSA) is 253 Å². The maximum absolute atomic E-state index is 14.9. The number of nitriles is 9. The van der Waals surface area contributed by atoms with E-state index in [9.17, 15) is 73.7 Å². The van der Waals surface area contributed by atoms with Gasteiger partial charge < -0.3 is 0 Å². The van der Waals surface area contributed by atoms with Crippen LogP contribution in [0.1, 0.15) is 83.5 Å². The van der Waals surface area contributed by atoms with E-state index >= 15 is 0 Å². The van der Waals surface area contributed by atoms with Gasteiger partial charge in [-0.05, 0) is 222 Å². The fourth-order valence-corrected chi connectivity index (χ4v) is 17.6. The third-order valence-electron chi connectivity index (χ3n) is 22.8. The van der Waals surface area contributed by atoms with Crippen molar-refractivity contribution in [3.63, 3.8) is 0 Å². The van der Waals surface area contributed by atoms with Gasteiger partial charge in [-0.1, -0.05) is 164 Å². The van der Waals surface area contributed by atoms with Crippen LogP contribution in [-0.4, -0.2) is 0 Å². The summed E-state index contributed by atoms with van der Waals surface area (Å²) >= 11 is 0. The maximum Gasteiger partial charge on any atom is 0.270 e. The van der Waals surface area contributed by atoms with Crippen LogP contribution in [0.5, 0.6) is 0 Å². The van der Waals surface area contributed by atoms with Crippen LogP contribution in [0.25, 0.3) is 177 Å². The molecule has 18 nitrogen and oxygen atoms in total. The molecule has 6 aliphatic carbocycles. The van der Waals surface area contributed by atoms with Crippen molar-refractivity contribution in [3.8, 4) is 121 Å². The van der Waals surface area contributed by atoms with Gasteiger partial charge in [-0.15, -0.1) is 0 Å². The van der Waals surface area contributed by atoms with Crippen molar-refractivity contribution in [2.24, 2.45) is 0 Å². The fraction of sp³-hybridized carbons (Fsp3) is 0. The predicted molar refractivity (Wildman–Crippen MR) is 479 cm³/mol. The third-order valence-corrected chi connectivity index (χ3v) is 22.8. The Bertz CT molecular complexity index is 8020. The molecule has 0 fully saturated rings. The molecule has 0 bridgehead atoms. The molecule has 0 N–H and O–H groups in total. The minimum atomic E-state index is -1.13. The number of allylic oxidation sites excluding steroid dienone is 18. The van der Waals surface area contributed by atoms with Crippen LogP contribution in [-0.2, 0) is 0 Å². The van der Waals surface area contributed by atoms with E-state index in [2.05, 4.69) is 61.8 Å². The molecule has 0 aliphatic heterocycles. The molecule has 12 aromatic rings. The highest BCUT2D eigenvalue weighted by Crippen LogP contribution is 2.67. The van der Waals surface area contributed by atoms with Crippen molar-refractivity contribution in [1.29, 1.82) is 47.4 Å². The zero-order valence-corrected chi connectivity index (χ0v) is 67.1. The lowest BCUT2D eigenvalue weighted by Crippen LogP contribution is -1.99. The van der Waals surface area contributed by atoms with Crippen LogP contribution in [0.2, 0.25) is 0 Å². The Morgan fingerprint density at radius 3 is 0.758 bits per heavy atom. The van der Waals surface area contributed by atoms with Gasteiger partial charge in [0, 0.05) is 33.4 Å². The zero-order chi connectivity index (χ0) is 93.4. The number of nitrogens with zero attached hydrogens (tertiary/aromatic N) is 18. The van der Waals surface area contributed by atoms with Crippen LogP contribution in [0.3, 0.4) is 0 Å². The van der Waals surface area contributed by atoms with E-state index in [0.29, 0.717) is 100 Å². The van der Waals surface area contributed by atoms with Crippen LogP contribution in [0.15, 0.2) is 253 Å². The zero-order valence-electron chi connectivity index (χ0n) is 67.1. The van der Waals surface area contributed by atoms with Gasteiger partial charge in [0.25, 0.3) is 39.9 Å². The van der Waals surface area contributed by atoms with E-state index in [1.807, 2.05) is 84.9 Å². The first kappa shape index (κ1) is 84.3. The summed E-state index contributed by atoms with van der Waals surface area (Å²) in [6.45, 7) is 68.7. The molecule has 0 saturated heterocycles. The van der Waals surface area contributed by atoms with Gasteiger partial charge >= 0.3 is 0 Å². The Balaban J connectivity index is 0.000000145. The number of hydrogen-bond donors (Lipinski definition) is 0. The number of fused-ring (bicyclic) bond motifs is 12. The first-order valence-electron chi connectivity index (χ1n) is 38.6. The second kappa shape index (κ2) is 34.2. The Kier molecular flexibility index (Phi) is 21.8. The minimum absolute atomic E-state index is 0.00162. The molecular formula is C108H36F6N18. The smallest absolute Gasteiger partial charge is 0.238 e. The van der Waals surface area contributed by atoms with Gasteiger partial charge in [-0.2, -0.15) is 15.8 Å². The Morgan fingerprint density at radius 2 is 0.500 bits per heavy atom. The van der Waals surface area contributed by atoms with Gasteiger partial charge in [0.15, 0.2) is 5.69 Å². The monoisotopic (exact) mass is 1700 g/mol. The normalized spacial score (nSPS) is 14.5. The molecule has 6 aliphatic rings. The molecule has 0 spiro atoms. The average Bonchev–Trinajstić information content (AvgIpc) is 1.54. The molecular weight excluding hydrogens is 1660 g/mol. The summed E-state index contributed by atoms with van der Waals surface area (Å²) < 4.78 is 89.3. The Hall–Kier alpha value is -21.3. The van der Waals surface area contributed by atoms with E-state index in [1.165, 1.54) is 54.6 Å². The maximum atomic E-state index is 14.9. The summed E-state index contributed by atoms with van der Waals surface area (Å²) in [5, 5.41) is 88.3. The van der Waals surface area contributed by atoms with Crippen molar-refractivity contribution >= 4 is 83.9 Å². The SMILES string of the molecule is [C-]#[N+]/C(C#N)=C1C2=C(/C(=C(\C#N)[N+]#[C-])c3cccc(-c4cc(F)c(C#N)c(F)c4)c32)c2c\1cccc2-c1cc(F)c([N+]#[C-])c(F)c1.[C-]#[N+]/C(C#N)=C1C2=C(/C(=C(\C#N)[N+]#[C-])c3cccc(-c4ccc(C#N)c(F)c4)c32)c2c\1cccc2-c1ccc([N+]#[C-])c(F)c1.[C-]#[N+]/C(C#N)=C1C2=C(/C(=C(\C#N)[N+]#[C-])c3cccc(-c4ccc(C#N)cc4)c32)c2c\1cccc2-c1ccc([N+]#[C-])cc1. The van der Waals surface area contributed by atoms with Gasteiger partial charge in [0.2, 0.25) is 5.69 Å². The van der Waals surface area contributed by atoms with Gasteiger partial charge in [-0.3, -0.25) is 0 Å². The molecule has 132 heavy (non-hydrogen) atoms. The van der Waals surface area contributed by atoms with Crippen molar-refractivity contribution in [3.05, 3.63) is 474 Å². The van der Waals surface area contributed by atoms with Crippen LogP contribution < -0.4 is 0 Å². The summed E-state index contributed by atoms with van der Waals surface area (Å²) in [7, 11) is 0. The molecule has 24 heteroatoms. The standard InChI is InChI=1S/C36H10F4N6.C36H12F2N6.C36H14N6/c1-44-28(15-42)32-21-8-4-6-19(17-10-24(37)23(14-41)25(38)11-17)30(21)34-33(29(16-43)45-2)22-9-5-7-20(31(22)35(32)34)18-12-26(39)36(46-3)27(40)13-18;1-42-28-13-12-20(15-27(28)38)23-7-5-9-25-32(23)36-33(29(17-40)43-2)24-8-4-6-22(19-10-11-21(16-39)26(37)14-19)31(24)35(36)34(25)30(18-41)44-3;1-40-24-16-14-23(15-17-24)26-7-5-9-28-32(26)36-33(29(19-38)41-2)27-8-4-6-25(22-12-10-21(18-37)11-13-22)31(27)35(36)34(28)30(20-39)42-3/h4-13H;4-15H;4-17H/b32-28+,33-29-;2*33-29+,34-30-. The van der Waals surface area contributed by atoms with E-state index in [4.69, 9.17) is 59.1 Å². The molecule has 0 amide bonds. The number of benzene rings is 12. The number of rotatable bonds is 6. The molecule has 12 aromatic carbocycles. The van der Waals surface area contributed by atoms with E-state index in [0.717, 1.165) is 57.6 Å². The lowest BCUT2D eigenvalue weighted by molar-refractivity contribution is 0.577. The molecule has 0 heterocycles. The van der Waals surface area contributed by atoms with Crippen molar-refractivity contribution in [2.75, 3.05) is 0 Å². The first-order chi connectivity index (χ1) is 64.2. The second-order valence-corrected chi connectivity index (χ2v) is 29.1. The first-order valence-corrected chi connectivity index (χ1v) is 38.6. The summed E-state index contributed by atoms with van der Waals surface area (Å²) in [6.07, 6.45) is 0. The lowest BCUT2D eigenvalue weighted by Gasteiger charge is -2.18. The molecule has 600 valence electrons.